The Kier molecular flexibility index (Phi) is 12.9. The average molecular weight is 800 g/mol. The van der Waals surface area contributed by atoms with E-state index in [1.54, 1.807) is 69.3 Å². The molecule has 0 spiro atoms. The summed E-state index contributed by atoms with van der Waals surface area (Å²) in [6.45, 7) is 2.75. The molecule has 0 fully saturated rings. The maximum atomic E-state index is 13.8. The molecule has 0 bridgehead atoms. The van der Waals surface area contributed by atoms with Gasteiger partial charge in [-0.05, 0) is 62.7 Å². The highest BCUT2D eigenvalue weighted by atomic mass is 35.5. The Hall–Kier alpha value is -6.10. The van der Waals surface area contributed by atoms with Crippen molar-refractivity contribution in [1.82, 2.24) is 20.4 Å². The van der Waals surface area contributed by atoms with Crippen molar-refractivity contribution < 1.29 is 56.1 Å². The van der Waals surface area contributed by atoms with E-state index >= 15 is 0 Å². The van der Waals surface area contributed by atoms with Crippen molar-refractivity contribution in [3.05, 3.63) is 101 Å². The fourth-order valence-corrected chi connectivity index (χ4v) is 5.45. The topological polar surface area (TPSA) is 167 Å². The molecular weight excluding hydrogens is 763 g/mol. The smallest absolute Gasteiger partial charge is 0.435 e. The lowest BCUT2D eigenvalue weighted by Crippen LogP contribution is -2.54. The Balaban J connectivity index is 1.33. The number of amides is 3. The number of alkyl halides is 3. The molecule has 0 saturated heterocycles. The number of nitrogens with one attached hydrogen (secondary N) is 2. The molecule has 2 atom stereocenters. The maximum Gasteiger partial charge on any atom is 0.435 e. The number of carbonyl (C=O) groups is 5. The minimum absolute atomic E-state index is 0.0788. The fourth-order valence-electron chi connectivity index (χ4n) is 5.32. The predicted molar refractivity (Wildman–Crippen MR) is 194 cm³/mol. The zero-order chi connectivity index (χ0) is 40.6. The number of anilines is 1. The first-order valence-electron chi connectivity index (χ1n) is 17.1. The van der Waals surface area contributed by atoms with Crippen molar-refractivity contribution >= 4 is 46.9 Å². The lowest BCUT2D eigenvalue weighted by Gasteiger charge is -2.26. The van der Waals surface area contributed by atoms with Gasteiger partial charge in [-0.15, -0.1) is 0 Å². The standard InChI is InChI=1S/C38H37ClF3N5O9/c1-37(2,3)56-34(50)17-26(29(48)22-54-33-18-31(38(40,41)42)45-47(33)25-15-13-24(39)14-16-25)43-32(49)19-46-28-11-7-8-12-30(28)53-21-27(35(46)51)44-36(52)55-20-23-9-5-4-6-10-23/h4-16,18,26-27H,17,19-22H2,1-3H3,(H,43,49)(H,44,52)/t26-,27-/m0/s1. The summed E-state index contributed by atoms with van der Waals surface area (Å²) >= 11 is 5.93. The van der Waals surface area contributed by atoms with Crippen LogP contribution in [0, 0.1) is 0 Å². The molecule has 0 unspecified atom stereocenters. The van der Waals surface area contributed by atoms with Crippen LogP contribution in [0.25, 0.3) is 5.69 Å². The van der Waals surface area contributed by atoms with Gasteiger partial charge in [0.05, 0.1) is 17.8 Å². The summed E-state index contributed by atoms with van der Waals surface area (Å²) in [5.41, 5.74) is -1.28. The van der Waals surface area contributed by atoms with Gasteiger partial charge in [0.1, 0.15) is 43.2 Å². The SMILES string of the molecule is CC(C)(C)OC(=O)C[C@H](NC(=O)CN1C(=O)[C@@H](NC(=O)OCc2ccccc2)COc2ccccc21)C(=O)COc1cc(C(F)(F)F)nn1-c1ccc(Cl)cc1. The van der Waals surface area contributed by atoms with Crippen LogP contribution in [0.15, 0.2) is 84.9 Å². The quantitative estimate of drug-likeness (QED) is 0.167. The first kappa shape index (κ1) is 41.1. The van der Waals surface area contributed by atoms with E-state index in [0.717, 1.165) is 9.58 Å². The normalized spacial score (nSPS) is 14.7. The van der Waals surface area contributed by atoms with Crippen LogP contribution in [0.4, 0.5) is 23.7 Å². The second-order valence-electron chi connectivity index (χ2n) is 13.4. The van der Waals surface area contributed by atoms with Crippen molar-refractivity contribution in [2.45, 2.75) is 57.7 Å². The number of rotatable bonds is 13. The molecule has 1 aliphatic heterocycles. The highest BCUT2D eigenvalue weighted by Gasteiger charge is 2.37. The van der Waals surface area contributed by atoms with Crippen LogP contribution >= 0.6 is 11.6 Å². The largest absolute Gasteiger partial charge is 0.489 e. The van der Waals surface area contributed by atoms with Crippen molar-refractivity contribution in [2.75, 3.05) is 24.7 Å². The Labute approximate surface area is 323 Å². The predicted octanol–water partition coefficient (Wildman–Crippen LogP) is 5.43. The molecule has 2 N–H and O–H groups in total. The number of esters is 1. The number of nitrogens with zero attached hydrogens (tertiary/aromatic N) is 3. The molecule has 1 aromatic heterocycles. The van der Waals surface area contributed by atoms with Gasteiger partial charge in [-0.2, -0.15) is 18.3 Å². The summed E-state index contributed by atoms with van der Waals surface area (Å²) in [6.07, 6.45) is -6.48. The number of Topliss-reactive ketones (excluding diaryl/α,β-unsaturated/α-hetero) is 1. The van der Waals surface area contributed by atoms with Crippen LogP contribution < -0.4 is 25.0 Å². The van der Waals surface area contributed by atoms with Gasteiger partial charge in [0.15, 0.2) is 18.1 Å². The molecule has 5 rings (SSSR count). The summed E-state index contributed by atoms with van der Waals surface area (Å²) in [5.74, 6) is -3.74. The molecule has 0 aliphatic carbocycles. The van der Waals surface area contributed by atoms with Gasteiger partial charge in [0.25, 0.3) is 5.91 Å². The van der Waals surface area contributed by atoms with E-state index in [9.17, 15) is 37.1 Å². The molecule has 2 heterocycles. The number of hydrogen-bond donors (Lipinski definition) is 2. The van der Waals surface area contributed by atoms with Crippen LogP contribution in [0.2, 0.25) is 5.02 Å². The molecule has 0 radical (unpaired) electrons. The number of ether oxygens (including phenoxy) is 4. The summed E-state index contributed by atoms with van der Waals surface area (Å²) in [6, 6.07) is 18.4. The van der Waals surface area contributed by atoms with E-state index < -0.39 is 84.7 Å². The summed E-state index contributed by atoms with van der Waals surface area (Å²) in [4.78, 5) is 67.7. The molecule has 14 nitrogen and oxygen atoms in total. The van der Waals surface area contributed by atoms with E-state index in [1.807, 2.05) is 0 Å². The van der Waals surface area contributed by atoms with E-state index in [-0.39, 0.29) is 30.3 Å². The van der Waals surface area contributed by atoms with Crippen LogP contribution in [-0.4, -0.2) is 76.9 Å². The third-order valence-corrected chi connectivity index (χ3v) is 8.10. The maximum absolute atomic E-state index is 13.8. The zero-order valence-electron chi connectivity index (χ0n) is 30.3. The Morgan fingerprint density at radius 2 is 1.66 bits per heavy atom. The van der Waals surface area contributed by atoms with Crippen molar-refractivity contribution in [3.63, 3.8) is 0 Å². The molecule has 3 aromatic carbocycles. The van der Waals surface area contributed by atoms with Gasteiger partial charge in [0, 0.05) is 11.1 Å². The molecule has 4 aromatic rings. The summed E-state index contributed by atoms with van der Waals surface area (Å²) in [7, 11) is 0. The lowest BCUT2D eigenvalue weighted by molar-refractivity contribution is -0.156. The first-order chi connectivity index (χ1) is 26.5. The number of aromatic nitrogens is 2. The third kappa shape index (κ3) is 11.2. The number of para-hydroxylation sites is 2. The number of ketones is 1. The van der Waals surface area contributed by atoms with E-state index in [0.29, 0.717) is 16.7 Å². The van der Waals surface area contributed by atoms with Gasteiger partial charge < -0.3 is 29.6 Å². The second kappa shape index (κ2) is 17.6. The monoisotopic (exact) mass is 799 g/mol. The molecule has 3 amide bonds. The fraction of sp³-hybridized carbons (Fsp3) is 0.316. The number of alkyl carbamates (subject to hydrolysis) is 1. The van der Waals surface area contributed by atoms with Crippen LogP contribution in [0.1, 0.15) is 38.4 Å². The zero-order valence-corrected chi connectivity index (χ0v) is 31.1. The van der Waals surface area contributed by atoms with Crippen LogP contribution in [0.3, 0.4) is 0 Å². The Bertz CT molecular complexity index is 2050. The van der Waals surface area contributed by atoms with Gasteiger partial charge in [-0.3, -0.25) is 24.1 Å². The minimum atomic E-state index is -4.86. The number of benzene rings is 3. The molecule has 56 heavy (non-hydrogen) atoms. The first-order valence-corrected chi connectivity index (χ1v) is 17.4. The van der Waals surface area contributed by atoms with Gasteiger partial charge >= 0.3 is 18.2 Å². The highest BCUT2D eigenvalue weighted by Crippen LogP contribution is 2.33. The van der Waals surface area contributed by atoms with Crippen LogP contribution in [-0.2, 0) is 41.4 Å². The Morgan fingerprint density at radius 3 is 2.34 bits per heavy atom. The van der Waals surface area contributed by atoms with Crippen molar-refractivity contribution in [3.8, 4) is 17.3 Å². The minimum Gasteiger partial charge on any atom is -0.489 e. The Morgan fingerprint density at radius 1 is 0.982 bits per heavy atom. The third-order valence-electron chi connectivity index (χ3n) is 7.85. The van der Waals surface area contributed by atoms with Crippen LogP contribution in [0.5, 0.6) is 11.6 Å². The summed E-state index contributed by atoms with van der Waals surface area (Å²) in [5, 5.41) is 8.77. The average Bonchev–Trinajstić information content (AvgIpc) is 3.53. The van der Waals surface area contributed by atoms with E-state index in [2.05, 4.69) is 15.7 Å². The number of fused-ring (bicyclic) bond motifs is 1. The van der Waals surface area contributed by atoms with E-state index in [4.69, 9.17) is 30.5 Å². The van der Waals surface area contributed by atoms with Crippen molar-refractivity contribution in [2.24, 2.45) is 0 Å². The molecule has 1 aliphatic rings. The highest BCUT2D eigenvalue weighted by molar-refractivity contribution is 6.30. The van der Waals surface area contributed by atoms with Gasteiger partial charge in [-0.1, -0.05) is 54.1 Å². The van der Waals surface area contributed by atoms with Crippen molar-refractivity contribution in [1.29, 1.82) is 0 Å². The number of hydrogen-bond acceptors (Lipinski definition) is 10. The second-order valence-corrected chi connectivity index (χ2v) is 13.8. The van der Waals surface area contributed by atoms with E-state index in [1.165, 1.54) is 30.3 Å². The molecule has 0 saturated carbocycles. The summed E-state index contributed by atoms with van der Waals surface area (Å²) < 4.78 is 63.7. The number of halogens is 4. The van der Waals surface area contributed by atoms with Gasteiger partial charge in [0.2, 0.25) is 11.8 Å². The molecule has 18 heteroatoms. The number of carbonyl (C=O) groups excluding carboxylic acids is 5. The lowest BCUT2D eigenvalue weighted by atomic mass is 10.1. The molecule has 296 valence electrons. The van der Waals surface area contributed by atoms with Gasteiger partial charge in [-0.25, -0.2) is 9.48 Å². The molecular formula is C38H37ClF3N5O9.